The molecule has 0 aromatic heterocycles. The van der Waals surface area contributed by atoms with E-state index in [2.05, 4.69) is 0 Å². The Hall–Kier alpha value is -0.180. The summed E-state index contributed by atoms with van der Waals surface area (Å²) in [4.78, 5) is 11.3. The first kappa shape index (κ1) is 10.9. The molecule has 0 radical (unpaired) electrons. The zero-order valence-corrected chi connectivity index (χ0v) is 8.23. The van der Waals surface area contributed by atoms with Gasteiger partial charge in [0.25, 0.3) is 0 Å². The Bertz CT molecular complexity index is 196. The standard InChI is InChI=1S/C9H13ClF2O/c1-5(10)9(13)7-3-2-6(11)4-8(7)12/h5-8H,2-4H2,1H3. The molecule has 1 fully saturated rings. The van der Waals surface area contributed by atoms with Crippen LogP contribution in [0.1, 0.15) is 26.2 Å². The summed E-state index contributed by atoms with van der Waals surface area (Å²) < 4.78 is 25.9. The van der Waals surface area contributed by atoms with Crippen LogP contribution in [0.25, 0.3) is 0 Å². The maximum absolute atomic E-state index is 13.2. The first-order valence-corrected chi connectivity index (χ1v) is 4.92. The van der Waals surface area contributed by atoms with E-state index < -0.39 is 23.6 Å². The lowest BCUT2D eigenvalue weighted by Crippen LogP contribution is -2.35. The summed E-state index contributed by atoms with van der Waals surface area (Å²) in [5.41, 5.74) is 0. The summed E-state index contributed by atoms with van der Waals surface area (Å²) in [6.45, 7) is 1.53. The van der Waals surface area contributed by atoms with Crippen molar-refractivity contribution in [2.75, 3.05) is 0 Å². The molecule has 0 aromatic rings. The molecule has 0 heterocycles. The Morgan fingerprint density at radius 1 is 1.46 bits per heavy atom. The number of carbonyl (C=O) groups is 1. The van der Waals surface area contributed by atoms with Crippen molar-refractivity contribution in [1.29, 1.82) is 0 Å². The van der Waals surface area contributed by atoms with Crippen LogP contribution in [-0.2, 0) is 4.79 Å². The minimum atomic E-state index is -1.35. The van der Waals surface area contributed by atoms with Crippen LogP contribution in [0.15, 0.2) is 0 Å². The van der Waals surface area contributed by atoms with E-state index in [-0.39, 0.29) is 25.0 Å². The molecule has 1 aliphatic rings. The highest BCUT2D eigenvalue weighted by Gasteiger charge is 2.36. The first-order chi connectivity index (χ1) is 6.02. The molecule has 4 heteroatoms. The average molecular weight is 211 g/mol. The Morgan fingerprint density at radius 3 is 2.54 bits per heavy atom. The molecule has 0 aliphatic heterocycles. The van der Waals surface area contributed by atoms with E-state index in [1.165, 1.54) is 6.92 Å². The minimum absolute atomic E-state index is 0.153. The topological polar surface area (TPSA) is 17.1 Å². The number of hydrogen-bond donors (Lipinski definition) is 0. The number of Topliss-reactive ketones (excluding diaryl/α,β-unsaturated/α-hetero) is 1. The molecular weight excluding hydrogens is 198 g/mol. The fourth-order valence-electron chi connectivity index (χ4n) is 1.68. The van der Waals surface area contributed by atoms with E-state index >= 15 is 0 Å². The zero-order chi connectivity index (χ0) is 10.0. The largest absolute Gasteiger partial charge is 0.298 e. The van der Waals surface area contributed by atoms with Crippen LogP contribution in [0.4, 0.5) is 8.78 Å². The summed E-state index contributed by atoms with van der Waals surface area (Å²) in [6.07, 6.45) is -2.03. The van der Waals surface area contributed by atoms with E-state index in [1.54, 1.807) is 0 Å². The smallest absolute Gasteiger partial charge is 0.156 e. The van der Waals surface area contributed by atoms with Crippen molar-refractivity contribution in [1.82, 2.24) is 0 Å². The van der Waals surface area contributed by atoms with Crippen LogP contribution < -0.4 is 0 Å². The predicted molar refractivity (Wildman–Crippen MR) is 47.5 cm³/mol. The molecule has 1 nitrogen and oxygen atoms in total. The van der Waals surface area contributed by atoms with E-state index in [4.69, 9.17) is 11.6 Å². The Balaban J connectivity index is 2.56. The summed E-state index contributed by atoms with van der Waals surface area (Å²) in [6, 6.07) is 0. The quantitative estimate of drug-likeness (QED) is 0.641. The molecule has 4 unspecified atom stereocenters. The fraction of sp³-hybridized carbons (Fsp3) is 0.889. The van der Waals surface area contributed by atoms with Crippen LogP contribution in [0.2, 0.25) is 0 Å². The second kappa shape index (κ2) is 4.36. The Kier molecular flexibility index (Phi) is 3.65. The maximum Gasteiger partial charge on any atom is 0.156 e. The monoisotopic (exact) mass is 210 g/mol. The third-order valence-corrected chi connectivity index (χ3v) is 2.68. The number of ketones is 1. The number of hydrogen-bond acceptors (Lipinski definition) is 1. The summed E-state index contributed by atoms with van der Waals surface area (Å²) in [5, 5.41) is -0.667. The van der Waals surface area contributed by atoms with Gasteiger partial charge in [-0.25, -0.2) is 8.78 Å². The highest BCUT2D eigenvalue weighted by Crippen LogP contribution is 2.31. The molecule has 13 heavy (non-hydrogen) atoms. The Morgan fingerprint density at radius 2 is 2.08 bits per heavy atom. The SMILES string of the molecule is CC(Cl)C(=O)C1CCC(F)CC1F. The van der Waals surface area contributed by atoms with Gasteiger partial charge in [0, 0.05) is 6.42 Å². The molecule has 0 bridgehead atoms. The van der Waals surface area contributed by atoms with Gasteiger partial charge in [-0.05, 0) is 19.8 Å². The fourth-order valence-corrected chi connectivity index (χ4v) is 1.85. The van der Waals surface area contributed by atoms with Crippen LogP contribution in [0, 0.1) is 5.92 Å². The highest BCUT2D eigenvalue weighted by molar-refractivity contribution is 6.31. The molecule has 0 N–H and O–H groups in total. The van der Waals surface area contributed by atoms with Crippen LogP contribution in [-0.4, -0.2) is 23.5 Å². The van der Waals surface area contributed by atoms with Gasteiger partial charge in [0.1, 0.15) is 12.3 Å². The molecule has 76 valence electrons. The van der Waals surface area contributed by atoms with Crippen LogP contribution >= 0.6 is 11.6 Å². The molecule has 1 saturated carbocycles. The van der Waals surface area contributed by atoms with Crippen molar-refractivity contribution in [3.05, 3.63) is 0 Å². The van der Waals surface area contributed by atoms with Crippen molar-refractivity contribution in [2.24, 2.45) is 5.92 Å². The van der Waals surface area contributed by atoms with Crippen LogP contribution in [0.5, 0.6) is 0 Å². The first-order valence-electron chi connectivity index (χ1n) is 4.48. The molecule has 0 amide bonds. The second-order valence-electron chi connectivity index (χ2n) is 3.55. The van der Waals surface area contributed by atoms with Gasteiger partial charge < -0.3 is 0 Å². The molecule has 0 spiro atoms. The second-order valence-corrected chi connectivity index (χ2v) is 4.21. The zero-order valence-electron chi connectivity index (χ0n) is 7.47. The van der Waals surface area contributed by atoms with Crippen molar-refractivity contribution < 1.29 is 13.6 Å². The lowest BCUT2D eigenvalue weighted by atomic mass is 9.83. The normalized spacial score (nSPS) is 37.1. The predicted octanol–water partition coefficient (Wildman–Crippen LogP) is 2.66. The average Bonchev–Trinajstić information content (AvgIpc) is 2.03. The molecule has 1 rings (SSSR count). The van der Waals surface area contributed by atoms with Crippen molar-refractivity contribution in [3.63, 3.8) is 0 Å². The highest BCUT2D eigenvalue weighted by atomic mass is 35.5. The van der Waals surface area contributed by atoms with Gasteiger partial charge in [-0.3, -0.25) is 4.79 Å². The lowest BCUT2D eigenvalue weighted by Gasteiger charge is -2.27. The number of halogens is 3. The van der Waals surface area contributed by atoms with Gasteiger partial charge in [-0.2, -0.15) is 0 Å². The lowest BCUT2D eigenvalue weighted by molar-refractivity contribution is -0.125. The number of carbonyl (C=O) groups excluding carboxylic acids is 1. The van der Waals surface area contributed by atoms with E-state index in [1.807, 2.05) is 0 Å². The van der Waals surface area contributed by atoms with E-state index in [9.17, 15) is 13.6 Å². The number of rotatable bonds is 2. The van der Waals surface area contributed by atoms with Gasteiger partial charge in [0.15, 0.2) is 5.78 Å². The molecule has 1 aliphatic carbocycles. The number of alkyl halides is 3. The van der Waals surface area contributed by atoms with Gasteiger partial charge in [-0.1, -0.05) is 0 Å². The molecule has 4 atom stereocenters. The minimum Gasteiger partial charge on any atom is -0.298 e. The van der Waals surface area contributed by atoms with Crippen molar-refractivity contribution in [3.8, 4) is 0 Å². The maximum atomic E-state index is 13.2. The molecular formula is C9H13ClF2O. The molecule has 0 saturated heterocycles. The Labute approximate surface area is 81.4 Å². The van der Waals surface area contributed by atoms with Crippen molar-refractivity contribution >= 4 is 17.4 Å². The van der Waals surface area contributed by atoms with Gasteiger partial charge in [-0.15, -0.1) is 11.6 Å². The third-order valence-electron chi connectivity index (χ3n) is 2.47. The van der Waals surface area contributed by atoms with Gasteiger partial charge in [0.05, 0.1) is 11.3 Å². The van der Waals surface area contributed by atoms with E-state index in [0.717, 1.165) is 0 Å². The van der Waals surface area contributed by atoms with E-state index in [0.29, 0.717) is 0 Å². The summed E-state index contributed by atoms with van der Waals surface area (Å²) in [7, 11) is 0. The molecule has 0 aromatic carbocycles. The summed E-state index contributed by atoms with van der Waals surface area (Å²) in [5.74, 6) is -0.972. The summed E-state index contributed by atoms with van der Waals surface area (Å²) >= 11 is 5.55. The third kappa shape index (κ3) is 2.63. The van der Waals surface area contributed by atoms with Gasteiger partial charge in [0.2, 0.25) is 0 Å². The van der Waals surface area contributed by atoms with Gasteiger partial charge >= 0.3 is 0 Å². The van der Waals surface area contributed by atoms with Crippen LogP contribution in [0.3, 0.4) is 0 Å². The van der Waals surface area contributed by atoms with Crippen molar-refractivity contribution in [2.45, 2.75) is 43.9 Å².